The highest BCUT2D eigenvalue weighted by Crippen LogP contribution is 2.73. The molecule has 4 aliphatic carbocycles. The lowest BCUT2D eigenvalue weighted by molar-refractivity contribution is -0.260. The van der Waals surface area contributed by atoms with Crippen LogP contribution in [0, 0.1) is 28.1 Å². The van der Waals surface area contributed by atoms with Gasteiger partial charge in [0.05, 0.1) is 29.8 Å². The minimum Gasteiger partial charge on any atom is -0.481 e. The van der Waals surface area contributed by atoms with E-state index in [1.807, 2.05) is 6.92 Å². The predicted molar refractivity (Wildman–Crippen MR) is 94.6 cm³/mol. The van der Waals surface area contributed by atoms with E-state index < -0.39 is 58.1 Å². The molecule has 6 N–H and O–H groups in total. The van der Waals surface area contributed by atoms with Crippen molar-refractivity contribution in [1.82, 2.24) is 0 Å². The molecule has 4 rings (SSSR count). The molecule has 0 aromatic rings. The Bertz CT molecular complexity index is 667. The van der Waals surface area contributed by atoms with E-state index >= 15 is 0 Å². The minimum absolute atomic E-state index is 0.0159. The summed E-state index contributed by atoms with van der Waals surface area (Å²) in [6.07, 6.45) is 0.383. The zero-order chi connectivity index (χ0) is 20.0. The van der Waals surface area contributed by atoms with Crippen LogP contribution in [0.1, 0.15) is 58.8 Å². The molecule has 0 amide bonds. The molecule has 0 unspecified atom stereocenters. The first-order chi connectivity index (χ1) is 12.4. The van der Waals surface area contributed by atoms with Gasteiger partial charge in [0.25, 0.3) is 0 Å². The second-order valence-electron chi connectivity index (χ2n) is 10.4. The second kappa shape index (κ2) is 5.45. The zero-order valence-electron chi connectivity index (χ0n) is 16.1. The summed E-state index contributed by atoms with van der Waals surface area (Å²) in [6.45, 7) is 3.08. The Kier molecular flexibility index (Phi) is 3.95. The lowest BCUT2D eigenvalue weighted by Crippen LogP contribution is -2.69. The van der Waals surface area contributed by atoms with Crippen molar-refractivity contribution in [3.8, 4) is 0 Å². The average Bonchev–Trinajstić information content (AvgIpc) is 2.76. The molecule has 0 saturated heterocycles. The Morgan fingerprint density at radius 2 is 1.74 bits per heavy atom. The molecule has 0 aromatic carbocycles. The molecule has 0 heterocycles. The lowest BCUT2D eigenvalue weighted by Gasteiger charge is -2.66. The third-order valence-electron chi connectivity index (χ3n) is 9.26. The van der Waals surface area contributed by atoms with E-state index in [4.69, 9.17) is 0 Å². The molecule has 7 heteroatoms. The Hall–Kier alpha value is -0.730. The van der Waals surface area contributed by atoms with E-state index in [2.05, 4.69) is 0 Å². The summed E-state index contributed by atoms with van der Waals surface area (Å²) in [5.41, 5.74) is -5.78. The maximum absolute atomic E-state index is 12.1. The van der Waals surface area contributed by atoms with Gasteiger partial charge in [-0.3, -0.25) is 4.79 Å². The molecule has 0 aromatic heterocycles. The monoisotopic (exact) mass is 384 g/mol. The molecule has 2 bridgehead atoms. The van der Waals surface area contributed by atoms with Crippen LogP contribution in [0.3, 0.4) is 0 Å². The van der Waals surface area contributed by atoms with Crippen molar-refractivity contribution in [3.05, 3.63) is 0 Å². The SMILES string of the molecule is C[C@@]12CCC[C@@](C)(C(=O)O)[C@H]1[C@H](O)[C@H](O)[C@]13C[C@](O)(CO)[C@@](O)(CC[C@@H]21)C3. The van der Waals surface area contributed by atoms with Crippen LogP contribution in [0.2, 0.25) is 0 Å². The third kappa shape index (κ3) is 2.07. The number of aliphatic carboxylic acids is 1. The van der Waals surface area contributed by atoms with Crippen LogP contribution in [0.4, 0.5) is 0 Å². The fourth-order valence-corrected chi connectivity index (χ4v) is 8.12. The highest BCUT2D eigenvalue weighted by atomic mass is 16.4. The second-order valence-corrected chi connectivity index (χ2v) is 10.4. The molecule has 4 fully saturated rings. The van der Waals surface area contributed by atoms with E-state index in [0.29, 0.717) is 19.3 Å². The number of hydrogen-bond donors (Lipinski definition) is 6. The van der Waals surface area contributed by atoms with E-state index in [1.165, 1.54) is 0 Å². The molecule has 1 spiro atoms. The van der Waals surface area contributed by atoms with Gasteiger partial charge in [-0.1, -0.05) is 13.3 Å². The van der Waals surface area contributed by atoms with E-state index in [9.17, 15) is 35.4 Å². The van der Waals surface area contributed by atoms with Crippen LogP contribution in [-0.2, 0) is 4.79 Å². The molecule has 0 aliphatic heterocycles. The van der Waals surface area contributed by atoms with Crippen LogP contribution >= 0.6 is 0 Å². The van der Waals surface area contributed by atoms with Crippen molar-refractivity contribution in [2.75, 3.05) is 6.61 Å². The quantitative estimate of drug-likeness (QED) is 0.402. The van der Waals surface area contributed by atoms with Crippen molar-refractivity contribution >= 4 is 5.97 Å². The molecule has 7 nitrogen and oxygen atoms in total. The van der Waals surface area contributed by atoms with E-state index in [-0.39, 0.29) is 18.8 Å². The predicted octanol–water partition coefficient (Wildman–Crippen LogP) is 0.264. The molecule has 154 valence electrons. The fourth-order valence-electron chi connectivity index (χ4n) is 8.12. The first-order valence-corrected chi connectivity index (χ1v) is 10.1. The standard InChI is InChI=1S/C20H32O7/c1-16-5-3-6-17(2,15(24)25)13(16)12(22)14(23)18-8-19(26,7-4-11(16)18)20(27,9-18)10-21/h11-14,21-23,26-27H,3-10H2,1-2H3,(H,24,25)/t11-,12-,13-,14-,16-,17+,18+,19+,20-/m0/s1. The van der Waals surface area contributed by atoms with Crippen LogP contribution in [0.25, 0.3) is 0 Å². The zero-order valence-corrected chi connectivity index (χ0v) is 16.1. The number of carbonyl (C=O) groups is 1. The number of aliphatic hydroxyl groups excluding tert-OH is 3. The number of carboxylic acids is 1. The van der Waals surface area contributed by atoms with E-state index in [1.54, 1.807) is 6.92 Å². The van der Waals surface area contributed by atoms with Gasteiger partial charge in [0.15, 0.2) is 0 Å². The van der Waals surface area contributed by atoms with Gasteiger partial charge in [0, 0.05) is 11.3 Å². The maximum Gasteiger partial charge on any atom is 0.309 e. The molecular formula is C20H32O7. The van der Waals surface area contributed by atoms with Crippen molar-refractivity contribution < 1.29 is 35.4 Å². The fraction of sp³-hybridized carbons (Fsp3) is 0.950. The Morgan fingerprint density at radius 3 is 2.33 bits per heavy atom. The third-order valence-corrected chi connectivity index (χ3v) is 9.26. The molecule has 27 heavy (non-hydrogen) atoms. The number of carboxylic acid groups (broad SMARTS) is 1. The van der Waals surface area contributed by atoms with Gasteiger partial charge >= 0.3 is 5.97 Å². The summed E-state index contributed by atoms with van der Waals surface area (Å²) in [6, 6.07) is 0. The van der Waals surface area contributed by atoms with Gasteiger partial charge in [-0.05, 0) is 56.8 Å². The van der Waals surface area contributed by atoms with Crippen LogP contribution in [0.15, 0.2) is 0 Å². The summed E-state index contributed by atoms with van der Waals surface area (Å²) < 4.78 is 0. The number of rotatable bonds is 2. The van der Waals surface area contributed by atoms with Crippen LogP contribution in [-0.4, -0.2) is 66.6 Å². The molecule has 4 saturated carbocycles. The summed E-state index contributed by atoms with van der Waals surface area (Å²) in [7, 11) is 0. The summed E-state index contributed by atoms with van der Waals surface area (Å²) in [4.78, 5) is 12.1. The van der Waals surface area contributed by atoms with Gasteiger partial charge in [-0.25, -0.2) is 0 Å². The largest absolute Gasteiger partial charge is 0.481 e. The Morgan fingerprint density at radius 1 is 1.07 bits per heavy atom. The topological polar surface area (TPSA) is 138 Å². The van der Waals surface area contributed by atoms with Crippen molar-refractivity contribution in [3.63, 3.8) is 0 Å². The molecule has 0 radical (unpaired) electrons. The Balaban J connectivity index is 1.85. The normalized spacial score (nSPS) is 59.8. The highest BCUT2D eigenvalue weighted by molar-refractivity contribution is 5.75. The molecule has 4 aliphatic rings. The lowest BCUT2D eigenvalue weighted by atomic mass is 9.39. The summed E-state index contributed by atoms with van der Waals surface area (Å²) in [5, 5.41) is 64.1. The molecular weight excluding hydrogens is 352 g/mol. The first kappa shape index (κ1) is 19.6. The van der Waals surface area contributed by atoms with Crippen molar-refractivity contribution in [2.45, 2.75) is 82.2 Å². The van der Waals surface area contributed by atoms with Crippen LogP contribution in [0.5, 0.6) is 0 Å². The number of hydrogen-bond acceptors (Lipinski definition) is 6. The number of aliphatic hydroxyl groups is 5. The first-order valence-electron chi connectivity index (χ1n) is 10.1. The summed E-state index contributed by atoms with van der Waals surface area (Å²) in [5.74, 6) is -1.68. The van der Waals surface area contributed by atoms with Crippen molar-refractivity contribution in [1.29, 1.82) is 0 Å². The van der Waals surface area contributed by atoms with Gasteiger partial charge in [-0.2, -0.15) is 0 Å². The molecule has 9 atom stereocenters. The van der Waals surface area contributed by atoms with E-state index in [0.717, 1.165) is 12.8 Å². The smallest absolute Gasteiger partial charge is 0.309 e. The van der Waals surface area contributed by atoms with Gasteiger partial charge < -0.3 is 30.6 Å². The van der Waals surface area contributed by atoms with Gasteiger partial charge in [-0.15, -0.1) is 0 Å². The minimum atomic E-state index is -1.71. The highest BCUT2D eigenvalue weighted by Gasteiger charge is 2.77. The Labute approximate surface area is 159 Å². The average molecular weight is 384 g/mol. The van der Waals surface area contributed by atoms with Crippen LogP contribution < -0.4 is 0 Å². The maximum atomic E-state index is 12.1. The van der Waals surface area contributed by atoms with Gasteiger partial charge in [0.1, 0.15) is 5.60 Å². The number of fused-ring (bicyclic) bond motifs is 3. The van der Waals surface area contributed by atoms with Crippen molar-refractivity contribution in [2.24, 2.45) is 28.1 Å². The van der Waals surface area contributed by atoms with Gasteiger partial charge in [0.2, 0.25) is 0 Å². The summed E-state index contributed by atoms with van der Waals surface area (Å²) >= 11 is 0.